The zero-order valence-electron chi connectivity index (χ0n) is 18.2. The fraction of sp³-hybridized carbons (Fsp3) is 0.192. The molecule has 6 nitrogen and oxygen atoms in total. The number of rotatable bonds is 10. The molecule has 0 radical (unpaired) electrons. The Bertz CT molecular complexity index is 1170. The van der Waals surface area contributed by atoms with Gasteiger partial charge in [-0.2, -0.15) is 0 Å². The monoisotopic (exact) mass is 466 g/mol. The molecule has 0 aromatic heterocycles. The molecule has 0 aliphatic rings. The van der Waals surface area contributed by atoms with Crippen molar-refractivity contribution in [3.8, 4) is 11.5 Å². The van der Waals surface area contributed by atoms with Crippen LogP contribution in [0.3, 0.4) is 0 Å². The minimum Gasteiger partial charge on any atom is -0.497 e. The Morgan fingerprint density at radius 3 is 2.18 bits per heavy atom. The highest BCUT2D eigenvalue weighted by atomic mass is 35.5. The molecule has 0 saturated heterocycles. The number of Topliss-reactive ketones (excluding diaryl/α,β-unsaturated/α-hetero) is 2. The van der Waals surface area contributed by atoms with Gasteiger partial charge >= 0.3 is 5.97 Å². The number of hydrogen-bond acceptors (Lipinski definition) is 5. The molecular formula is C26H23ClO6. The first-order valence-electron chi connectivity index (χ1n) is 10.2. The quantitative estimate of drug-likeness (QED) is 0.386. The van der Waals surface area contributed by atoms with Gasteiger partial charge in [-0.25, -0.2) is 4.79 Å². The standard InChI is InChI=1S/C26H23ClO6/c1-32-21-10-11-22(25(15-21)33-2)24(29)14-19(17-4-3-5-18(12-17)26(30)31)13-23(28)16-6-8-20(27)9-7-16/h3-12,15,19H,13-14H2,1-2H3,(H,30,31). The minimum absolute atomic E-state index is 0.00884. The molecule has 170 valence electrons. The minimum atomic E-state index is -1.08. The molecule has 0 heterocycles. The predicted octanol–water partition coefficient (Wildman–Crippen LogP) is 5.69. The fourth-order valence-electron chi connectivity index (χ4n) is 3.57. The molecule has 33 heavy (non-hydrogen) atoms. The number of benzene rings is 3. The van der Waals surface area contributed by atoms with E-state index < -0.39 is 11.9 Å². The van der Waals surface area contributed by atoms with Gasteiger partial charge in [0.1, 0.15) is 11.5 Å². The normalized spacial score (nSPS) is 11.5. The van der Waals surface area contributed by atoms with E-state index in [9.17, 15) is 19.5 Å². The SMILES string of the molecule is COc1ccc(C(=O)CC(CC(=O)c2ccc(Cl)cc2)c2cccc(C(=O)O)c2)c(OC)c1. The first-order chi connectivity index (χ1) is 15.8. The average Bonchev–Trinajstić information content (AvgIpc) is 2.83. The van der Waals surface area contributed by atoms with E-state index in [1.165, 1.54) is 26.4 Å². The summed E-state index contributed by atoms with van der Waals surface area (Å²) in [5.41, 5.74) is 1.51. The molecule has 0 bridgehead atoms. The van der Waals surface area contributed by atoms with Crippen LogP contribution in [0.5, 0.6) is 11.5 Å². The van der Waals surface area contributed by atoms with Crippen LogP contribution in [-0.2, 0) is 0 Å². The van der Waals surface area contributed by atoms with E-state index in [1.807, 2.05) is 0 Å². The molecule has 3 rings (SSSR count). The Balaban J connectivity index is 1.94. The number of ether oxygens (including phenoxy) is 2. The summed E-state index contributed by atoms with van der Waals surface area (Å²) in [4.78, 5) is 37.7. The Morgan fingerprint density at radius 1 is 0.848 bits per heavy atom. The van der Waals surface area contributed by atoms with Crippen LogP contribution in [0.2, 0.25) is 5.02 Å². The van der Waals surface area contributed by atoms with Crippen LogP contribution in [0.1, 0.15) is 55.4 Å². The number of ketones is 2. The van der Waals surface area contributed by atoms with Crippen LogP contribution in [0.15, 0.2) is 66.7 Å². The van der Waals surface area contributed by atoms with Gasteiger partial charge in [-0.05, 0) is 60.0 Å². The van der Waals surface area contributed by atoms with Gasteiger partial charge in [-0.3, -0.25) is 9.59 Å². The van der Waals surface area contributed by atoms with Gasteiger partial charge in [0.25, 0.3) is 0 Å². The summed E-state index contributed by atoms with van der Waals surface area (Å²) >= 11 is 5.92. The highest BCUT2D eigenvalue weighted by Crippen LogP contribution is 2.32. The summed E-state index contributed by atoms with van der Waals surface area (Å²) in [6.07, 6.45) is 0.0139. The summed E-state index contributed by atoms with van der Waals surface area (Å²) in [5.74, 6) is -1.11. The van der Waals surface area contributed by atoms with Gasteiger partial charge < -0.3 is 14.6 Å². The lowest BCUT2D eigenvalue weighted by atomic mass is 9.85. The first-order valence-corrected chi connectivity index (χ1v) is 10.6. The molecule has 3 aromatic rings. The van der Waals surface area contributed by atoms with E-state index in [0.717, 1.165) is 0 Å². The van der Waals surface area contributed by atoms with Crippen molar-refractivity contribution in [1.82, 2.24) is 0 Å². The third-order valence-electron chi connectivity index (χ3n) is 5.34. The molecule has 1 N–H and O–H groups in total. The van der Waals surface area contributed by atoms with Crippen molar-refractivity contribution < 1.29 is 29.0 Å². The number of carboxylic acid groups (broad SMARTS) is 1. The van der Waals surface area contributed by atoms with Crippen molar-refractivity contribution in [2.24, 2.45) is 0 Å². The van der Waals surface area contributed by atoms with Gasteiger partial charge in [-0.15, -0.1) is 0 Å². The van der Waals surface area contributed by atoms with Crippen LogP contribution < -0.4 is 9.47 Å². The third-order valence-corrected chi connectivity index (χ3v) is 5.60. The highest BCUT2D eigenvalue weighted by molar-refractivity contribution is 6.30. The van der Waals surface area contributed by atoms with E-state index >= 15 is 0 Å². The Morgan fingerprint density at radius 2 is 1.55 bits per heavy atom. The second-order valence-corrected chi connectivity index (χ2v) is 7.89. The summed E-state index contributed by atoms with van der Waals surface area (Å²) < 4.78 is 10.5. The molecule has 3 aromatic carbocycles. The Hall–Kier alpha value is -3.64. The highest BCUT2D eigenvalue weighted by Gasteiger charge is 2.24. The number of halogens is 1. The zero-order valence-corrected chi connectivity index (χ0v) is 19.0. The van der Waals surface area contributed by atoms with Crippen molar-refractivity contribution >= 4 is 29.1 Å². The van der Waals surface area contributed by atoms with E-state index in [0.29, 0.717) is 33.2 Å². The second-order valence-electron chi connectivity index (χ2n) is 7.46. The average molecular weight is 467 g/mol. The van der Waals surface area contributed by atoms with Crippen LogP contribution in [-0.4, -0.2) is 36.9 Å². The van der Waals surface area contributed by atoms with Crippen molar-refractivity contribution in [1.29, 1.82) is 0 Å². The molecular weight excluding hydrogens is 444 g/mol. The summed E-state index contributed by atoms with van der Waals surface area (Å²) in [6, 6.07) is 17.7. The summed E-state index contributed by atoms with van der Waals surface area (Å²) in [7, 11) is 2.98. The van der Waals surface area contributed by atoms with Gasteiger partial charge in [-0.1, -0.05) is 23.7 Å². The van der Waals surface area contributed by atoms with Gasteiger partial charge in [0.05, 0.1) is 25.3 Å². The Kier molecular flexibility index (Phi) is 7.85. The topological polar surface area (TPSA) is 89.9 Å². The maximum absolute atomic E-state index is 13.2. The van der Waals surface area contributed by atoms with E-state index in [2.05, 4.69) is 0 Å². The summed E-state index contributed by atoms with van der Waals surface area (Å²) in [6.45, 7) is 0. The van der Waals surface area contributed by atoms with Crippen LogP contribution >= 0.6 is 11.6 Å². The molecule has 1 atom stereocenters. The molecule has 7 heteroatoms. The predicted molar refractivity (Wildman–Crippen MR) is 125 cm³/mol. The van der Waals surface area contributed by atoms with Crippen LogP contribution in [0.4, 0.5) is 0 Å². The van der Waals surface area contributed by atoms with Crippen molar-refractivity contribution in [3.63, 3.8) is 0 Å². The molecule has 0 aliphatic heterocycles. The molecule has 1 unspecified atom stereocenters. The number of aromatic carboxylic acids is 1. The number of carbonyl (C=O) groups excluding carboxylic acids is 2. The van der Waals surface area contributed by atoms with Gasteiger partial charge in [0.2, 0.25) is 0 Å². The number of methoxy groups -OCH3 is 2. The fourth-order valence-corrected chi connectivity index (χ4v) is 3.70. The smallest absolute Gasteiger partial charge is 0.335 e. The maximum atomic E-state index is 13.2. The number of carbonyl (C=O) groups is 3. The van der Waals surface area contributed by atoms with Crippen molar-refractivity contribution in [2.45, 2.75) is 18.8 Å². The van der Waals surface area contributed by atoms with Gasteiger partial charge in [0, 0.05) is 29.5 Å². The van der Waals surface area contributed by atoms with Gasteiger partial charge in [0.15, 0.2) is 11.6 Å². The molecule has 0 fully saturated rings. The number of carboxylic acids is 1. The van der Waals surface area contributed by atoms with E-state index in [1.54, 1.807) is 54.6 Å². The molecule has 0 aliphatic carbocycles. The van der Waals surface area contributed by atoms with E-state index in [-0.39, 0.29) is 30.0 Å². The lowest BCUT2D eigenvalue weighted by Crippen LogP contribution is -2.14. The van der Waals surface area contributed by atoms with Crippen LogP contribution in [0, 0.1) is 0 Å². The van der Waals surface area contributed by atoms with Crippen LogP contribution in [0.25, 0.3) is 0 Å². The molecule has 0 amide bonds. The largest absolute Gasteiger partial charge is 0.497 e. The lowest BCUT2D eigenvalue weighted by molar-refractivity contribution is 0.0696. The number of hydrogen-bond donors (Lipinski definition) is 1. The lowest BCUT2D eigenvalue weighted by Gasteiger charge is -2.18. The van der Waals surface area contributed by atoms with Crippen molar-refractivity contribution in [2.75, 3.05) is 14.2 Å². The van der Waals surface area contributed by atoms with E-state index in [4.69, 9.17) is 21.1 Å². The summed E-state index contributed by atoms with van der Waals surface area (Å²) in [5, 5.41) is 9.89. The second kappa shape index (κ2) is 10.8. The van der Waals surface area contributed by atoms with Crippen molar-refractivity contribution in [3.05, 3.63) is 94.0 Å². The Labute approximate surface area is 196 Å². The maximum Gasteiger partial charge on any atom is 0.335 e. The third kappa shape index (κ3) is 5.99. The first kappa shape index (κ1) is 24.0. The molecule has 0 saturated carbocycles. The molecule has 0 spiro atoms. The zero-order chi connectivity index (χ0) is 24.0.